The molecule has 120 valence electrons. The van der Waals surface area contributed by atoms with E-state index >= 15 is 0 Å². The normalized spacial score (nSPS) is 14.0. The number of rotatable bonds is 5. The van der Waals surface area contributed by atoms with Crippen molar-refractivity contribution in [3.8, 4) is 0 Å². The summed E-state index contributed by atoms with van der Waals surface area (Å²) >= 11 is 0. The summed E-state index contributed by atoms with van der Waals surface area (Å²) in [5, 5.41) is 7.01. The zero-order chi connectivity index (χ0) is 16.1. The predicted octanol–water partition coefficient (Wildman–Crippen LogP) is 2.00. The van der Waals surface area contributed by atoms with Crippen molar-refractivity contribution in [2.75, 3.05) is 24.5 Å². The van der Waals surface area contributed by atoms with Gasteiger partial charge in [-0.25, -0.2) is 0 Å². The highest BCUT2D eigenvalue weighted by molar-refractivity contribution is 5.91. The molecule has 1 aromatic carbocycles. The van der Waals surface area contributed by atoms with E-state index in [1.165, 1.54) is 17.7 Å². The summed E-state index contributed by atoms with van der Waals surface area (Å²) in [4.78, 5) is 14.2. The fourth-order valence-electron chi connectivity index (χ4n) is 2.91. The first-order chi connectivity index (χ1) is 11.2. The van der Waals surface area contributed by atoms with E-state index in [0.29, 0.717) is 6.54 Å². The smallest absolute Gasteiger partial charge is 0.244 e. The van der Waals surface area contributed by atoms with E-state index in [-0.39, 0.29) is 5.91 Å². The molecule has 1 N–H and O–H groups in total. The summed E-state index contributed by atoms with van der Waals surface area (Å²) in [6, 6.07) is 8.52. The minimum absolute atomic E-state index is 0.0702. The van der Waals surface area contributed by atoms with Crippen molar-refractivity contribution in [3.05, 3.63) is 53.9 Å². The number of aromatic nitrogens is 2. The van der Waals surface area contributed by atoms with Crippen LogP contribution in [0.4, 0.5) is 5.69 Å². The summed E-state index contributed by atoms with van der Waals surface area (Å²) in [7, 11) is 1.86. The molecule has 2 heterocycles. The Morgan fingerprint density at radius 1 is 1.39 bits per heavy atom. The van der Waals surface area contributed by atoms with E-state index in [9.17, 15) is 4.79 Å². The number of nitrogens with one attached hydrogen (secondary N) is 1. The maximum atomic E-state index is 11.9. The summed E-state index contributed by atoms with van der Waals surface area (Å²) < 4.78 is 1.71. The summed E-state index contributed by atoms with van der Waals surface area (Å²) in [6.07, 6.45) is 9.25. The Bertz CT molecular complexity index is 705. The number of carbonyl (C=O) groups excluding carboxylic acids is 1. The van der Waals surface area contributed by atoms with Crippen LogP contribution in [0.15, 0.2) is 42.7 Å². The van der Waals surface area contributed by atoms with Gasteiger partial charge in [-0.3, -0.25) is 9.48 Å². The Labute approximate surface area is 136 Å². The van der Waals surface area contributed by atoms with Crippen LogP contribution in [-0.2, 0) is 18.3 Å². The molecule has 0 unspecified atom stereocenters. The fraction of sp³-hybridized carbons (Fsp3) is 0.333. The van der Waals surface area contributed by atoms with Crippen LogP contribution in [0.3, 0.4) is 0 Å². The van der Waals surface area contributed by atoms with Gasteiger partial charge in [-0.05, 0) is 30.5 Å². The number of para-hydroxylation sites is 1. The lowest BCUT2D eigenvalue weighted by atomic mass is 10.0. The summed E-state index contributed by atoms with van der Waals surface area (Å²) in [5.74, 6) is -0.0702. The highest BCUT2D eigenvalue weighted by Gasteiger charge is 2.15. The third-order valence-corrected chi connectivity index (χ3v) is 4.04. The Balaban J connectivity index is 1.48. The second-order valence-corrected chi connectivity index (χ2v) is 5.79. The SMILES string of the molecule is Cn1cc(C=CC(=O)NCCN2CCCc3ccccc32)cn1. The van der Waals surface area contributed by atoms with E-state index in [1.807, 2.05) is 13.2 Å². The topological polar surface area (TPSA) is 50.2 Å². The highest BCUT2D eigenvalue weighted by atomic mass is 16.1. The lowest BCUT2D eigenvalue weighted by molar-refractivity contribution is -0.116. The van der Waals surface area contributed by atoms with Crippen molar-refractivity contribution in [2.24, 2.45) is 7.05 Å². The minimum Gasteiger partial charge on any atom is -0.370 e. The highest BCUT2D eigenvalue weighted by Crippen LogP contribution is 2.25. The van der Waals surface area contributed by atoms with Crippen LogP contribution in [0, 0.1) is 0 Å². The molecule has 5 heteroatoms. The zero-order valence-electron chi connectivity index (χ0n) is 13.4. The number of fused-ring (bicyclic) bond motifs is 1. The number of anilines is 1. The minimum atomic E-state index is -0.0702. The number of amides is 1. The van der Waals surface area contributed by atoms with Crippen LogP contribution in [0.25, 0.3) is 6.08 Å². The Hall–Kier alpha value is -2.56. The van der Waals surface area contributed by atoms with E-state index in [4.69, 9.17) is 0 Å². The Kier molecular flexibility index (Phi) is 4.76. The number of aryl methyl sites for hydroxylation is 2. The molecule has 0 aliphatic carbocycles. The van der Waals surface area contributed by atoms with Gasteiger partial charge in [0.15, 0.2) is 0 Å². The Morgan fingerprint density at radius 3 is 3.09 bits per heavy atom. The molecule has 0 bridgehead atoms. The van der Waals surface area contributed by atoms with Gasteiger partial charge in [0.2, 0.25) is 5.91 Å². The number of nitrogens with zero attached hydrogens (tertiary/aromatic N) is 3. The van der Waals surface area contributed by atoms with Gasteiger partial charge >= 0.3 is 0 Å². The van der Waals surface area contributed by atoms with Crippen molar-refractivity contribution < 1.29 is 4.79 Å². The van der Waals surface area contributed by atoms with Gasteiger partial charge < -0.3 is 10.2 Å². The van der Waals surface area contributed by atoms with Gasteiger partial charge in [0.05, 0.1) is 6.20 Å². The van der Waals surface area contributed by atoms with Crippen LogP contribution >= 0.6 is 0 Å². The van der Waals surface area contributed by atoms with Crippen LogP contribution in [0.2, 0.25) is 0 Å². The van der Waals surface area contributed by atoms with Crippen molar-refractivity contribution in [3.63, 3.8) is 0 Å². The molecule has 0 radical (unpaired) electrons. The lowest BCUT2D eigenvalue weighted by Crippen LogP contribution is -2.37. The molecule has 0 saturated heterocycles. The molecule has 1 aromatic heterocycles. The van der Waals surface area contributed by atoms with Crippen LogP contribution < -0.4 is 10.2 Å². The van der Waals surface area contributed by atoms with E-state index < -0.39 is 0 Å². The van der Waals surface area contributed by atoms with Crippen LogP contribution in [0.5, 0.6) is 0 Å². The molecular weight excluding hydrogens is 288 g/mol. The number of hydrogen-bond acceptors (Lipinski definition) is 3. The average Bonchev–Trinajstić information content (AvgIpc) is 2.99. The van der Waals surface area contributed by atoms with Crippen molar-refractivity contribution >= 4 is 17.7 Å². The molecule has 0 atom stereocenters. The quantitative estimate of drug-likeness (QED) is 0.860. The molecular formula is C18H22N4O. The van der Waals surface area contributed by atoms with Crippen molar-refractivity contribution in [1.29, 1.82) is 0 Å². The largest absolute Gasteiger partial charge is 0.370 e. The monoisotopic (exact) mass is 310 g/mol. The maximum absolute atomic E-state index is 11.9. The number of benzene rings is 1. The van der Waals surface area contributed by atoms with Crippen LogP contribution in [0.1, 0.15) is 17.5 Å². The molecule has 1 aliphatic heterocycles. The third kappa shape index (κ3) is 4.00. The van der Waals surface area contributed by atoms with Gasteiger partial charge in [-0.15, -0.1) is 0 Å². The van der Waals surface area contributed by atoms with E-state index in [0.717, 1.165) is 25.1 Å². The number of carbonyl (C=O) groups is 1. The first kappa shape index (κ1) is 15.3. The second kappa shape index (κ2) is 7.13. The van der Waals surface area contributed by atoms with E-state index in [1.54, 1.807) is 23.0 Å². The van der Waals surface area contributed by atoms with Gasteiger partial charge in [0, 0.05) is 50.2 Å². The molecule has 5 nitrogen and oxygen atoms in total. The zero-order valence-corrected chi connectivity index (χ0v) is 13.4. The summed E-state index contributed by atoms with van der Waals surface area (Å²) in [6.45, 7) is 2.53. The molecule has 2 aromatic rings. The maximum Gasteiger partial charge on any atom is 0.244 e. The first-order valence-electron chi connectivity index (χ1n) is 8.00. The molecule has 0 fully saturated rings. The number of hydrogen-bond donors (Lipinski definition) is 1. The van der Waals surface area contributed by atoms with Gasteiger partial charge in [-0.1, -0.05) is 18.2 Å². The van der Waals surface area contributed by atoms with Gasteiger partial charge in [0.1, 0.15) is 0 Å². The standard InChI is InChI=1S/C18H22N4O/c1-21-14-15(13-20-21)8-9-18(23)19-10-12-22-11-4-6-16-5-2-3-7-17(16)22/h2-3,5,7-9,13-14H,4,6,10-12H2,1H3,(H,19,23). The second-order valence-electron chi connectivity index (χ2n) is 5.79. The molecule has 1 aliphatic rings. The fourth-order valence-corrected chi connectivity index (χ4v) is 2.91. The lowest BCUT2D eigenvalue weighted by Gasteiger charge is -2.31. The molecule has 0 spiro atoms. The van der Waals surface area contributed by atoms with E-state index in [2.05, 4.69) is 39.6 Å². The predicted molar refractivity (Wildman–Crippen MR) is 92.2 cm³/mol. The van der Waals surface area contributed by atoms with Crippen molar-refractivity contribution in [2.45, 2.75) is 12.8 Å². The molecule has 23 heavy (non-hydrogen) atoms. The summed E-state index contributed by atoms with van der Waals surface area (Å²) in [5.41, 5.74) is 3.63. The average molecular weight is 310 g/mol. The van der Waals surface area contributed by atoms with Crippen molar-refractivity contribution in [1.82, 2.24) is 15.1 Å². The molecule has 0 saturated carbocycles. The third-order valence-electron chi connectivity index (χ3n) is 4.04. The van der Waals surface area contributed by atoms with Crippen LogP contribution in [-0.4, -0.2) is 35.3 Å². The molecule has 1 amide bonds. The van der Waals surface area contributed by atoms with Gasteiger partial charge in [-0.2, -0.15) is 5.10 Å². The Morgan fingerprint density at radius 2 is 2.26 bits per heavy atom. The molecule has 3 rings (SSSR count). The van der Waals surface area contributed by atoms with Gasteiger partial charge in [0.25, 0.3) is 0 Å². The first-order valence-corrected chi connectivity index (χ1v) is 8.00.